The number of carboxylic acid groups (broad SMARTS) is 1. The van der Waals surface area contributed by atoms with E-state index in [1.54, 1.807) is 12.1 Å². The van der Waals surface area contributed by atoms with E-state index in [-0.39, 0.29) is 23.3 Å². The summed E-state index contributed by atoms with van der Waals surface area (Å²) in [7, 11) is 3.51. The monoisotopic (exact) mass is 714 g/mol. The molecule has 0 unspecified atom stereocenters. The fourth-order valence-electron chi connectivity index (χ4n) is 5.66. The van der Waals surface area contributed by atoms with Crippen LogP contribution in [0.25, 0.3) is 32.0 Å². The van der Waals surface area contributed by atoms with E-state index >= 15 is 0 Å². The number of aromatic nitrogens is 2. The third-order valence-corrected chi connectivity index (χ3v) is 10.1. The molecule has 0 bridgehead atoms. The van der Waals surface area contributed by atoms with Crippen molar-refractivity contribution in [3.05, 3.63) is 76.0 Å². The fraction of sp³-hybridized carbons (Fsp3) is 0.324. The van der Waals surface area contributed by atoms with Crippen molar-refractivity contribution < 1.29 is 32.9 Å². The lowest BCUT2D eigenvalue weighted by Crippen LogP contribution is -2.45. The number of ether oxygens (including phenoxy) is 3. The van der Waals surface area contributed by atoms with Crippen LogP contribution in [0.1, 0.15) is 11.1 Å². The first-order valence-electron chi connectivity index (χ1n) is 15.2. The molecule has 4 heterocycles. The first-order valence-corrected chi connectivity index (χ1v) is 16.8. The van der Waals surface area contributed by atoms with Gasteiger partial charge in [-0.25, -0.2) is 19.2 Å². The lowest BCUT2D eigenvalue weighted by atomic mass is 9.97. The summed E-state index contributed by atoms with van der Waals surface area (Å²) in [5, 5.41) is 11.3. The van der Waals surface area contributed by atoms with Crippen LogP contribution in [0.4, 0.5) is 4.39 Å². The molecule has 1 N–H and O–H groups in total. The topological polar surface area (TPSA) is 110 Å². The van der Waals surface area contributed by atoms with Crippen molar-refractivity contribution in [1.29, 1.82) is 0 Å². The third kappa shape index (κ3) is 7.23. The van der Waals surface area contributed by atoms with Crippen LogP contribution in [-0.2, 0) is 11.2 Å². The maximum atomic E-state index is 13.9. The number of thiophene rings is 1. The number of aliphatic carboxylic acids is 1. The van der Waals surface area contributed by atoms with Gasteiger partial charge in [0, 0.05) is 50.8 Å². The lowest BCUT2D eigenvalue weighted by molar-refractivity contribution is -0.145. The molecule has 5 aromatic rings. The zero-order valence-corrected chi connectivity index (χ0v) is 28.8. The van der Waals surface area contributed by atoms with Crippen LogP contribution in [-0.4, -0.2) is 90.4 Å². The van der Waals surface area contributed by atoms with Crippen molar-refractivity contribution in [2.45, 2.75) is 19.4 Å². The van der Waals surface area contributed by atoms with Gasteiger partial charge in [0.2, 0.25) is 12.0 Å². The summed E-state index contributed by atoms with van der Waals surface area (Å²) < 4.78 is 37.3. The highest BCUT2D eigenvalue weighted by Crippen LogP contribution is 2.50. The Morgan fingerprint density at radius 3 is 2.60 bits per heavy atom. The van der Waals surface area contributed by atoms with Gasteiger partial charge < -0.3 is 28.6 Å². The Bertz CT molecular complexity index is 1940. The minimum atomic E-state index is -1.39. The second-order valence-electron chi connectivity index (χ2n) is 11.4. The lowest BCUT2D eigenvalue weighted by Gasteiger charge is -2.32. The summed E-state index contributed by atoms with van der Waals surface area (Å²) in [6.45, 7) is 7.19. The molecule has 6 rings (SSSR count). The number of methoxy groups -OCH3 is 1. The van der Waals surface area contributed by atoms with E-state index in [1.807, 2.05) is 19.1 Å². The van der Waals surface area contributed by atoms with Gasteiger partial charge in [0.25, 0.3) is 0 Å². The highest BCUT2D eigenvalue weighted by atomic mass is 35.5. The Morgan fingerprint density at radius 2 is 1.90 bits per heavy atom. The van der Waals surface area contributed by atoms with E-state index in [0.717, 1.165) is 43.9 Å². The number of furan rings is 1. The Labute approximate surface area is 290 Å². The van der Waals surface area contributed by atoms with Crippen molar-refractivity contribution in [3.63, 3.8) is 0 Å². The van der Waals surface area contributed by atoms with E-state index in [4.69, 9.17) is 41.8 Å². The van der Waals surface area contributed by atoms with Gasteiger partial charge in [-0.1, -0.05) is 23.7 Å². The molecule has 0 aliphatic carbocycles. The molecule has 10 nitrogen and oxygen atoms in total. The smallest absolute Gasteiger partial charge is 0.345 e. The number of hydrogen-bond acceptors (Lipinski definition) is 10. The minimum Gasteiger partial charge on any atom is -0.496 e. The average molecular weight is 716 g/mol. The van der Waals surface area contributed by atoms with Crippen LogP contribution in [0.5, 0.6) is 17.4 Å². The first-order chi connectivity index (χ1) is 23.1. The third-order valence-electron chi connectivity index (χ3n) is 8.32. The van der Waals surface area contributed by atoms with Crippen LogP contribution >= 0.6 is 34.5 Å². The molecule has 14 heteroatoms. The van der Waals surface area contributed by atoms with Crippen molar-refractivity contribution in [3.8, 4) is 39.1 Å². The number of fused-ring (bicyclic) bond motifs is 1. The molecule has 1 saturated heterocycles. The summed E-state index contributed by atoms with van der Waals surface area (Å²) in [5.74, 6) is -0.442. The maximum absolute atomic E-state index is 13.9. The molecule has 3 aromatic heterocycles. The van der Waals surface area contributed by atoms with Crippen molar-refractivity contribution in [2.75, 3.05) is 53.5 Å². The Kier molecular flexibility index (Phi) is 10.4. The average Bonchev–Trinajstić information content (AvgIpc) is 3.68. The molecule has 1 aliphatic heterocycles. The molecule has 1 atom stereocenters. The zero-order valence-electron chi connectivity index (χ0n) is 26.5. The Morgan fingerprint density at radius 1 is 1.10 bits per heavy atom. The van der Waals surface area contributed by atoms with E-state index < -0.39 is 17.9 Å². The van der Waals surface area contributed by atoms with Gasteiger partial charge in [-0.05, 0) is 66.5 Å². The largest absolute Gasteiger partial charge is 0.496 e. The van der Waals surface area contributed by atoms with Gasteiger partial charge in [0.1, 0.15) is 40.8 Å². The predicted molar refractivity (Wildman–Crippen MR) is 183 cm³/mol. The molecule has 0 saturated carbocycles. The van der Waals surface area contributed by atoms with Crippen molar-refractivity contribution in [2.24, 2.45) is 0 Å². The highest BCUT2D eigenvalue weighted by Gasteiger charge is 2.29. The molecule has 0 spiro atoms. The predicted octanol–water partition coefficient (Wildman–Crippen LogP) is 7.08. The normalized spacial score (nSPS) is 14.7. The molecule has 252 valence electrons. The number of likely N-dealkylation sites (N-methyl/N-ethyl adjacent to an activating group) is 1. The molecule has 48 heavy (non-hydrogen) atoms. The summed E-state index contributed by atoms with van der Waals surface area (Å²) in [6, 6.07) is 11.0. The van der Waals surface area contributed by atoms with Crippen LogP contribution < -0.4 is 14.2 Å². The second kappa shape index (κ2) is 14.7. The maximum Gasteiger partial charge on any atom is 0.345 e. The van der Waals surface area contributed by atoms with Gasteiger partial charge in [0.05, 0.1) is 22.4 Å². The molecule has 0 radical (unpaired) electrons. The Hall–Kier alpha value is -3.94. The zero-order chi connectivity index (χ0) is 33.9. The van der Waals surface area contributed by atoms with Crippen LogP contribution in [0.2, 0.25) is 10.2 Å². The summed E-state index contributed by atoms with van der Waals surface area (Å²) in [5.41, 5.74) is 2.56. The van der Waals surface area contributed by atoms with Crippen molar-refractivity contribution in [1.82, 2.24) is 19.8 Å². The number of rotatable bonds is 12. The first kappa shape index (κ1) is 33.9. The SMILES string of the molecule is COc1cc(F)ccc1C[C@@H](Oc1ncnc2sc(-c3ccc(Cl)o3)c(-c3ccc(OCCN4CCN(C)CC4)c(Cl)c3C)c12)C(=O)O. The number of carbonyl (C=O) groups is 1. The van der Waals surface area contributed by atoms with E-state index in [0.29, 0.717) is 49.4 Å². The molecule has 2 aromatic carbocycles. The minimum absolute atomic E-state index is 0.0478. The number of piperazine rings is 1. The second-order valence-corrected chi connectivity index (χ2v) is 13.2. The van der Waals surface area contributed by atoms with Gasteiger partial charge in [0.15, 0.2) is 5.22 Å². The van der Waals surface area contributed by atoms with E-state index in [9.17, 15) is 14.3 Å². The molecule has 0 amide bonds. The van der Waals surface area contributed by atoms with Crippen molar-refractivity contribution >= 4 is 50.7 Å². The van der Waals surface area contributed by atoms with Gasteiger partial charge in [-0.2, -0.15) is 0 Å². The Balaban J connectivity index is 1.38. The number of nitrogens with zero attached hydrogens (tertiary/aromatic N) is 4. The number of benzene rings is 2. The van der Waals surface area contributed by atoms with E-state index in [2.05, 4.69) is 26.8 Å². The van der Waals surface area contributed by atoms with Gasteiger partial charge in [-0.3, -0.25) is 4.90 Å². The van der Waals surface area contributed by atoms with Gasteiger partial charge >= 0.3 is 5.97 Å². The standard InChI is InChI=1S/C34H33Cl2FN4O6S/c1-19-22(6-7-23(30(19)36)45-15-14-41-12-10-40(2)11-13-41)28-29-32(38-18-39-33(29)48-31(28)24-8-9-27(35)46-24)47-26(34(42)43)16-20-4-5-21(37)17-25(20)44-3/h4-9,17-18,26H,10-16H2,1-3H3,(H,42,43)/t26-/m1/s1. The summed E-state index contributed by atoms with van der Waals surface area (Å²) in [4.78, 5) is 27.2. The van der Waals surface area contributed by atoms with Gasteiger partial charge in [-0.15, -0.1) is 11.3 Å². The number of carboxylic acids is 1. The molecule has 1 aliphatic rings. The number of hydrogen-bond donors (Lipinski definition) is 1. The number of halogens is 3. The highest BCUT2D eigenvalue weighted by molar-refractivity contribution is 7.22. The molecular formula is C34H33Cl2FN4O6S. The quantitative estimate of drug-likeness (QED) is 0.144. The van der Waals surface area contributed by atoms with Crippen LogP contribution in [0.3, 0.4) is 0 Å². The van der Waals surface area contributed by atoms with Crippen LogP contribution in [0, 0.1) is 12.7 Å². The van der Waals surface area contributed by atoms with E-state index in [1.165, 1.54) is 43.0 Å². The molecular weight excluding hydrogens is 682 g/mol. The fourth-order valence-corrected chi connectivity index (χ4v) is 7.14. The molecule has 1 fully saturated rings. The summed E-state index contributed by atoms with van der Waals surface area (Å²) in [6.07, 6.45) is -0.196. The summed E-state index contributed by atoms with van der Waals surface area (Å²) >= 11 is 14.4. The van der Waals surface area contributed by atoms with Crippen LogP contribution in [0.15, 0.2) is 53.2 Å².